The summed E-state index contributed by atoms with van der Waals surface area (Å²) in [5.74, 6) is 0.0101. The molecule has 0 aliphatic carbocycles. The number of rotatable bonds is 5. The van der Waals surface area contributed by atoms with E-state index >= 15 is 0 Å². The Kier molecular flexibility index (Phi) is 5.32. The zero-order valence-corrected chi connectivity index (χ0v) is 14.5. The van der Waals surface area contributed by atoms with E-state index < -0.39 is 0 Å². The van der Waals surface area contributed by atoms with E-state index in [1.54, 1.807) is 23.3 Å². The van der Waals surface area contributed by atoms with Crippen LogP contribution in [0, 0.1) is 13.8 Å². The van der Waals surface area contributed by atoms with Crippen LogP contribution >= 0.6 is 11.3 Å². The van der Waals surface area contributed by atoms with E-state index in [2.05, 4.69) is 4.98 Å². The summed E-state index contributed by atoms with van der Waals surface area (Å²) in [6, 6.07) is 7.59. The third kappa shape index (κ3) is 3.54. The number of thiazole rings is 1. The lowest BCUT2D eigenvalue weighted by atomic mass is 10.1. The van der Waals surface area contributed by atoms with Gasteiger partial charge in [0.2, 0.25) is 0 Å². The van der Waals surface area contributed by atoms with Crippen molar-refractivity contribution in [1.82, 2.24) is 9.88 Å². The van der Waals surface area contributed by atoms with Gasteiger partial charge in [-0.05, 0) is 38.5 Å². The Labute approximate surface area is 135 Å². The molecule has 0 saturated carbocycles. The van der Waals surface area contributed by atoms with Crippen LogP contribution in [0.2, 0.25) is 0 Å². The number of carbonyl (C=O) groups excluding carboxylic acids is 1. The van der Waals surface area contributed by atoms with Crippen LogP contribution in [0.3, 0.4) is 0 Å². The Morgan fingerprint density at radius 1 is 1.41 bits per heavy atom. The molecule has 1 aromatic heterocycles. The number of benzene rings is 1. The molecule has 0 aliphatic rings. The van der Waals surface area contributed by atoms with Crippen molar-refractivity contribution in [2.45, 2.75) is 33.4 Å². The number of aromatic nitrogens is 1. The van der Waals surface area contributed by atoms with Crippen LogP contribution in [-0.4, -0.2) is 29.9 Å². The summed E-state index contributed by atoms with van der Waals surface area (Å²) in [4.78, 5) is 20.1. The van der Waals surface area contributed by atoms with Crippen LogP contribution in [-0.2, 0) is 11.3 Å². The van der Waals surface area contributed by atoms with Crippen molar-refractivity contribution in [1.29, 1.82) is 0 Å². The first kappa shape index (κ1) is 16.6. The van der Waals surface area contributed by atoms with Gasteiger partial charge in [0, 0.05) is 24.6 Å². The molecule has 22 heavy (non-hydrogen) atoms. The van der Waals surface area contributed by atoms with E-state index in [1.165, 1.54) is 0 Å². The molecule has 0 radical (unpaired) electrons. The number of carbonyl (C=O) groups is 1. The van der Waals surface area contributed by atoms with E-state index in [1.807, 2.05) is 52.1 Å². The summed E-state index contributed by atoms with van der Waals surface area (Å²) in [6.45, 7) is 6.53. The molecule has 0 N–H and O–H groups in total. The van der Waals surface area contributed by atoms with Gasteiger partial charge in [0.05, 0.1) is 23.4 Å². The van der Waals surface area contributed by atoms with Gasteiger partial charge in [0.25, 0.3) is 5.91 Å². The van der Waals surface area contributed by atoms with E-state index in [0.29, 0.717) is 12.2 Å². The third-order valence-electron chi connectivity index (χ3n) is 3.71. The van der Waals surface area contributed by atoms with Gasteiger partial charge >= 0.3 is 0 Å². The summed E-state index contributed by atoms with van der Waals surface area (Å²) < 4.78 is 5.13. The number of methoxy groups -OCH3 is 1. The summed E-state index contributed by atoms with van der Waals surface area (Å²) >= 11 is 1.65. The highest BCUT2D eigenvalue weighted by molar-refractivity contribution is 7.11. The molecule has 0 spiro atoms. The third-order valence-corrected chi connectivity index (χ3v) is 4.95. The smallest absolute Gasteiger partial charge is 0.254 e. The lowest BCUT2D eigenvalue weighted by Gasteiger charge is -2.24. The molecule has 0 saturated heterocycles. The van der Waals surface area contributed by atoms with Crippen LogP contribution in [0.1, 0.15) is 44.5 Å². The normalized spacial score (nSPS) is 12.2. The molecule has 118 valence electrons. The largest absolute Gasteiger partial charge is 0.380 e. The Balaban J connectivity index is 2.21. The zero-order chi connectivity index (χ0) is 16.3. The fourth-order valence-corrected chi connectivity index (χ4v) is 3.47. The van der Waals surface area contributed by atoms with Crippen LogP contribution in [0.4, 0.5) is 0 Å². The molecule has 0 bridgehead atoms. The predicted octanol–water partition coefficient (Wildman–Crippen LogP) is 3.74. The van der Waals surface area contributed by atoms with Gasteiger partial charge in [-0.25, -0.2) is 4.98 Å². The Bertz CT molecular complexity index is 666. The number of amides is 1. The van der Waals surface area contributed by atoms with Gasteiger partial charge in [-0.2, -0.15) is 0 Å². The molecule has 2 rings (SSSR count). The van der Waals surface area contributed by atoms with Gasteiger partial charge in [-0.15, -0.1) is 11.3 Å². The highest BCUT2D eigenvalue weighted by atomic mass is 32.1. The van der Waals surface area contributed by atoms with Crippen molar-refractivity contribution in [2.24, 2.45) is 0 Å². The predicted molar refractivity (Wildman–Crippen MR) is 89.3 cm³/mol. The molecule has 2 aromatic rings. The topological polar surface area (TPSA) is 42.4 Å². The van der Waals surface area contributed by atoms with E-state index in [0.717, 1.165) is 21.1 Å². The Hall–Kier alpha value is -1.72. The van der Waals surface area contributed by atoms with Crippen molar-refractivity contribution in [3.63, 3.8) is 0 Å². The van der Waals surface area contributed by atoms with Gasteiger partial charge in [0.1, 0.15) is 0 Å². The Morgan fingerprint density at radius 3 is 2.73 bits per heavy atom. The number of aryl methyl sites for hydroxylation is 2. The van der Waals surface area contributed by atoms with E-state index in [-0.39, 0.29) is 11.9 Å². The standard InChI is InChI=1S/C17H22N2O2S/c1-11-16(22-13(3)18-11)12(2)19(4)17(20)15-8-6-7-14(9-15)10-21-5/h6-9,12H,10H2,1-5H3. The quantitative estimate of drug-likeness (QED) is 0.843. The Morgan fingerprint density at radius 2 is 2.14 bits per heavy atom. The lowest BCUT2D eigenvalue weighted by molar-refractivity contribution is 0.0744. The number of ether oxygens (including phenoxy) is 1. The summed E-state index contributed by atoms with van der Waals surface area (Å²) in [7, 11) is 3.49. The zero-order valence-electron chi connectivity index (χ0n) is 13.7. The SMILES string of the molecule is COCc1cccc(C(=O)N(C)C(C)c2sc(C)nc2C)c1. The van der Waals surface area contributed by atoms with Crippen molar-refractivity contribution in [2.75, 3.05) is 14.2 Å². The first-order chi connectivity index (χ1) is 10.4. The molecule has 1 amide bonds. The summed E-state index contributed by atoms with van der Waals surface area (Å²) in [5.41, 5.74) is 2.68. The average molecular weight is 318 g/mol. The number of nitrogens with zero attached hydrogens (tertiary/aromatic N) is 2. The van der Waals surface area contributed by atoms with Crippen molar-refractivity contribution in [3.8, 4) is 0 Å². The maximum atomic E-state index is 12.7. The van der Waals surface area contributed by atoms with E-state index in [4.69, 9.17) is 4.74 Å². The molecule has 4 nitrogen and oxygen atoms in total. The van der Waals surface area contributed by atoms with Crippen LogP contribution in [0.5, 0.6) is 0 Å². The molecule has 1 heterocycles. The second-order valence-corrected chi connectivity index (χ2v) is 6.64. The molecular formula is C17H22N2O2S. The van der Waals surface area contributed by atoms with Gasteiger partial charge in [-0.1, -0.05) is 12.1 Å². The molecule has 0 fully saturated rings. The fraction of sp³-hybridized carbons (Fsp3) is 0.412. The molecular weight excluding hydrogens is 296 g/mol. The number of hydrogen-bond acceptors (Lipinski definition) is 4. The molecule has 5 heteroatoms. The molecule has 1 unspecified atom stereocenters. The minimum Gasteiger partial charge on any atom is -0.380 e. The van der Waals surface area contributed by atoms with Gasteiger partial charge < -0.3 is 9.64 Å². The van der Waals surface area contributed by atoms with Gasteiger partial charge in [0.15, 0.2) is 0 Å². The van der Waals surface area contributed by atoms with Crippen LogP contribution < -0.4 is 0 Å². The minimum absolute atomic E-state index is 0.00443. The van der Waals surface area contributed by atoms with Crippen LogP contribution in [0.25, 0.3) is 0 Å². The first-order valence-electron chi connectivity index (χ1n) is 7.23. The molecule has 0 aliphatic heterocycles. The average Bonchev–Trinajstić information content (AvgIpc) is 2.84. The fourth-order valence-electron chi connectivity index (χ4n) is 2.45. The minimum atomic E-state index is 0.00443. The maximum absolute atomic E-state index is 12.7. The summed E-state index contributed by atoms with van der Waals surface area (Å²) in [6.07, 6.45) is 0. The van der Waals surface area contributed by atoms with Crippen molar-refractivity contribution < 1.29 is 9.53 Å². The molecule has 1 aromatic carbocycles. The second kappa shape index (κ2) is 7.03. The van der Waals surface area contributed by atoms with Crippen molar-refractivity contribution >= 4 is 17.2 Å². The maximum Gasteiger partial charge on any atom is 0.254 e. The second-order valence-electron chi connectivity index (χ2n) is 5.41. The highest BCUT2D eigenvalue weighted by Gasteiger charge is 2.22. The first-order valence-corrected chi connectivity index (χ1v) is 8.04. The van der Waals surface area contributed by atoms with Crippen molar-refractivity contribution in [3.05, 3.63) is 51.0 Å². The van der Waals surface area contributed by atoms with Gasteiger partial charge in [-0.3, -0.25) is 4.79 Å². The summed E-state index contributed by atoms with van der Waals surface area (Å²) in [5, 5.41) is 1.03. The highest BCUT2D eigenvalue weighted by Crippen LogP contribution is 2.29. The lowest BCUT2D eigenvalue weighted by Crippen LogP contribution is -2.29. The van der Waals surface area contributed by atoms with E-state index in [9.17, 15) is 4.79 Å². The number of hydrogen-bond donors (Lipinski definition) is 0. The molecule has 1 atom stereocenters. The monoisotopic (exact) mass is 318 g/mol. The van der Waals surface area contributed by atoms with Crippen LogP contribution in [0.15, 0.2) is 24.3 Å².